The van der Waals surface area contributed by atoms with Crippen LogP contribution in [0.4, 0.5) is 17.2 Å². The van der Waals surface area contributed by atoms with E-state index >= 15 is 0 Å². The second-order valence-electron chi connectivity index (χ2n) is 17.9. The van der Waals surface area contributed by atoms with Crippen LogP contribution < -0.4 is 9.64 Å². The van der Waals surface area contributed by atoms with Crippen molar-refractivity contribution in [3.8, 4) is 11.5 Å². The van der Waals surface area contributed by atoms with Crippen molar-refractivity contribution in [1.82, 2.24) is 4.98 Å². The minimum Gasteiger partial charge on any atom is -0.510 e. The Morgan fingerprint density at radius 3 is 2.04 bits per heavy atom. The van der Waals surface area contributed by atoms with Gasteiger partial charge in [-0.2, -0.15) is 5.56 Å². The molecule has 8 rings (SSSR count). The molecule has 0 spiro atoms. The van der Waals surface area contributed by atoms with Crippen molar-refractivity contribution in [2.45, 2.75) is 97.6 Å². The van der Waals surface area contributed by atoms with E-state index in [4.69, 9.17) is 19.5 Å². The van der Waals surface area contributed by atoms with Crippen LogP contribution in [0.15, 0.2) is 120 Å². The molecular weight excluding hydrogens is 882 g/mol. The van der Waals surface area contributed by atoms with Crippen molar-refractivity contribution in [1.29, 1.82) is 0 Å². The number of fused-ring (bicyclic) bond motifs is 2. The van der Waals surface area contributed by atoms with Crippen LogP contribution in [0.2, 0.25) is 0 Å². The summed E-state index contributed by atoms with van der Waals surface area (Å²) in [6, 6.07) is 45.1. The number of aryl methyl sites for hydroxylation is 2. The minimum absolute atomic E-state index is 0. The average Bonchev–Trinajstić information content (AvgIpc) is 3.60. The van der Waals surface area contributed by atoms with E-state index in [9.17, 15) is 0 Å². The summed E-state index contributed by atoms with van der Waals surface area (Å²) in [5.41, 5.74) is 11.6. The Morgan fingerprint density at radius 1 is 0.719 bits per heavy atom. The average molecular weight is 933 g/mol. The van der Waals surface area contributed by atoms with Crippen LogP contribution in [0.3, 0.4) is 0 Å². The van der Waals surface area contributed by atoms with Crippen LogP contribution in [0, 0.1) is 26.0 Å². The Morgan fingerprint density at radius 2 is 1.37 bits per heavy atom. The van der Waals surface area contributed by atoms with Crippen molar-refractivity contribution in [2.75, 3.05) is 4.90 Å². The summed E-state index contributed by atoms with van der Waals surface area (Å²) in [6.07, 6.45) is 1.64. The maximum Gasteiger partial charge on any atom is 2.00 e. The molecule has 5 nitrogen and oxygen atoms in total. The van der Waals surface area contributed by atoms with E-state index in [0.29, 0.717) is 17.4 Å². The van der Waals surface area contributed by atoms with Crippen LogP contribution in [-0.2, 0) is 42.0 Å². The number of aliphatic imine (C=N–C) groups is 1. The number of hydrogen-bond acceptors (Lipinski definition) is 5. The molecule has 0 radical (unpaired) electrons. The summed E-state index contributed by atoms with van der Waals surface area (Å²) in [5.74, 6) is 2.64. The van der Waals surface area contributed by atoms with Gasteiger partial charge < -0.3 is 14.4 Å². The molecule has 5 aromatic carbocycles. The predicted octanol–water partition coefficient (Wildman–Crippen LogP) is 13.1. The zero-order valence-corrected chi connectivity index (χ0v) is 36.9. The van der Waals surface area contributed by atoms with Gasteiger partial charge in [0.25, 0.3) is 0 Å². The first-order chi connectivity index (χ1) is 26.6. The summed E-state index contributed by atoms with van der Waals surface area (Å²) >= 11 is 0. The van der Waals surface area contributed by atoms with E-state index in [1.807, 2.05) is 36.5 Å². The fourth-order valence-corrected chi connectivity index (χ4v) is 8.11. The molecule has 2 aliphatic rings. The van der Waals surface area contributed by atoms with Crippen molar-refractivity contribution in [2.24, 2.45) is 4.99 Å². The largest absolute Gasteiger partial charge is 2.00 e. The van der Waals surface area contributed by atoms with Crippen LogP contribution in [-0.4, -0.2) is 10.9 Å². The first kappa shape index (κ1) is 40.2. The molecule has 6 aromatic rings. The molecule has 3 heterocycles. The van der Waals surface area contributed by atoms with Crippen LogP contribution in [0.25, 0.3) is 0 Å². The molecule has 2 atom stereocenters. The Kier molecular flexibility index (Phi) is 10.6. The van der Waals surface area contributed by atoms with Gasteiger partial charge >= 0.3 is 21.1 Å². The van der Waals surface area contributed by atoms with Crippen LogP contribution in [0.1, 0.15) is 118 Å². The molecule has 0 fully saturated rings. The summed E-state index contributed by atoms with van der Waals surface area (Å²) in [7, 11) is 0. The number of pyridine rings is 1. The monoisotopic (exact) mass is 932 g/mol. The number of rotatable bonds is 6. The number of nitrogens with zero attached hydrogens (tertiary/aromatic N) is 3. The van der Waals surface area contributed by atoms with Gasteiger partial charge in [-0.05, 0) is 57.7 Å². The molecule has 0 aliphatic carbocycles. The van der Waals surface area contributed by atoms with E-state index < -0.39 is 0 Å². The number of aromatic nitrogens is 1. The number of anilines is 3. The fraction of sp³-hybridized carbons (Fsp3) is 0.294. The summed E-state index contributed by atoms with van der Waals surface area (Å²) in [6.45, 7) is 22.3. The van der Waals surface area contributed by atoms with Gasteiger partial charge in [-0.15, -0.1) is 29.8 Å². The maximum atomic E-state index is 6.79. The van der Waals surface area contributed by atoms with Crippen molar-refractivity contribution in [3.63, 3.8) is 0 Å². The second kappa shape index (κ2) is 15.1. The van der Waals surface area contributed by atoms with Crippen LogP contribution in [0.5, 0.6) is 11.5 Å². The SMILES string of the molecule is Cc1cc(Oc2[c-]c(C3=N[C@H](c4ccccc4)[C@@H](c4ccccc4)O3)cc(C(C)(C)C)c2)[c-]c(N2c3ccc(C(C)(C)C)cc3C(C)(C)c3c(C)ccnc32)c1.[Pt+2]. The van der Waals surface area contributed by atoms with Gasteiger partial charge in [0.05, 0.1) is 0 Å². The topological polar surface area (TPSA) is 47.0 Å². The van der Waals surface area contributed by atoms with Crippen molar-refractivity contribution in [3.05, 3.63) is 178 Å². The third-order valence-electron chi connectivity index (χ3n) is 11.2. The fourth-order valence-electron chi connectivity index (χ4n) is 8.11. The summed E-state index contributed by atoms with van der Waals surface area (Å²) in [4.78, 5) is 12.5. The molecule has 1 aromatic heterocycles. The molecule has 57 heavy (non-hydrogen) atoms. The first-order valence-corrected chi connectivity index (χ1v) is 19.6. The van der Waals surface area contributed by atoms with Gasteiger partial charge in [0, 0.05) is 34.4 Å². The Hall–Kier alpha value is -4.99. The molecule has 0 N–H and O–H groups in total. The predicted molar refractivity (Wildman–Crippen MR) is 228 cm³/mol. The molecule has 0 saturated carbocycles. The Labute approximate surface area is 353 Å². The van der Waals surface area contributed by atoms with Gasteiger partial charge in [0.1, 0.15) is 23.9 Å². The molecule has 292 valence electrons. The third-order valence-corrected chi connectivity index (χ3v) is 11.2. The molecular formula is C51H51N3O2Pt. The number of hydrogen-bond donors (Lipinski definition) is 0. The minimum atomic E-state index is -0.269. The molecule has 0 bridgehead atoms. The molecule has 0 amide bonds. The number of benzene rings is 5. The molecule has 2 aliphatic heterocycles. The summed E-state index contributed by atoms with van der Waals surface area (Å²) < 4.78 is 13.5. The zero-order chi connectivity index (χ0) is 39.6. The van der Waals surface area contributed by atoms with Gasteiger partial charge in [-0.25, -0.2) is 4.98 Å². The quantitative estimate of drug-likeness (QED) is 0.156. The van der Waals surface area contributed by atoms with Crippen molar-refractivity contribution < 1.29 is 30.5 Å². The Bertz CT molecular complexity index is 2460. The normalized spacial score (nSPS) is 17.2. The smallest absolute Gasteiger partial charge is 0.510 e. The van der Waals surface area contributed by atoms with E-state index in [-0.39, 0.29) is 49.5 Å². The van der Waals surface area contributed by atoms with Crippen LogP contribution >= 0.6 is 0 Å². The third kappa shape index (κ3) is 7.72. The summed E-state index contributed by atoms with van der Waals surface area (Å²) in [5, 5.41) is 0. The maximum absolute atomic E-state index is 6.79. The van der Waals surface area contributed by atoms with Gasteiger partial charge in [0.2, 0.25) is 0 Å². The van der Waals surface area contributed by atoms with E-state index in [1.165, 1.54) is 22.3 Å². The van der Waals surface area contributed by atoms with E-state index in [1.54, 1.807) is 0 Å². The standard InChI is InChI=1S/C51H51N3O2.Pt/c1-32-25-39(54-43-22-21-37(49(3,4)5)30-42(43)51(9,10)44-33(2)23-24-52-47(44)54)31-40(26-32)55-41-28-36(27-38(29-41)50(6,7)8)48-53-45(34-17-13-11-14-18-34)46(56-48)35-19-15-12-16-20-35;/h11-27,29-30,45-46H,1-10H3;/q-2;+2/t45-,46-;/m1./s1. The Balaban J connectivity index is 0.00000496. The molecule has 0 unspecified atom stereocenters. The number of ether oxygens (including phenoxy) is 2. The van der Waals surface area contributed by atoms with Crippen molar-refractivity contribution >= 4 is 23.1 Å². The zero-order valence-electron chi connectivity index (χ0n) is 34.6. The van der Waals surface area contributed by atoms with E-state index in [0.717, 1.165) is 45.0 Å². The first-order valence-electron chi connectivity index (χ1n) is 19.6. The molecule has 0 saturated heterocycles. The van der Waals surface area contributed by atoms with Gasteiger partial charge in [0.15, 0.2) is 0 Å². The molecule has 6 heteroatoms. The van der Waals surface area contributed by atoms with Gasteiger partial charge in [-0.1, -0.05) is 158 Å². The second-order valence-corrected chi connectivity index (χ2v) is 17.9. The van der Waals surface area contributed by atoms with Gasteiger partial charge in [-0.3, -0.25) is 4.99 Å². The van der Waals surface area contributed by atoms with E-state index in [2.05, 4.69) is 165 Å².